The summed E-state index contributed by atoms with van der Waals surface area (Å²) in [7, 11) is 0. The molecule has 0 aliphatic heterocycles. The van der Waals surface area contributed by atoms with Crippen molar-refractivity contribution in [3.63, 3.8) is 0 Å². The van der Waals surface area contributed by atoms with E-state index in [4.69, 9.17) is 4.74 Å². The Labute approximate surface area is 85.6 Å². The van der Waals surface area contributed by atoms with Crippen LogP contribution in [0.4, 0.5) is 0 Å². The Morgan fingerprint density at radius 3 is 2.86 bits per heavy atom. The average molecular weight is 194 g/mol. The summed E-state index contributed by atoms with van der Waals surface area (Å²) in [5.74, 6) is 0.0862. The summed E-state index contributed by atoms with van der Waals surface area (Å²) >= 11 is 0. The van der Waals surface area contributed by atoms with E-state index in [0.29, 0.717) is 0 Å². The molecule has 0 bridgehead atoms. The number of carbonyl (C=O) groups is 1. The van der Waals surface area contributed by atoms with E-state index >= 15 is 0 Å². The average Bonchev–Trinajstić information content (AvgIpc) is 2.15. The molecule has 78 valence electrons. The van der Waals surface area contributed by atoms with Gasteiger partial charge in [0.15, 0.2) is 5.78 Å². The first-order chi connectivity index (χ1) is 6.63. The first-order valence-electron chi connectivity index (χ1n) is 5.11. The summed E-state index contributed by atoms with van der Waals surface area (Å²) in [5, 5.41) is 0. The van der Waals surface area contributed by atoms with Crippen molar-refractivity contribution in [2.75, 3.05) is 6.61 Å². The van der Waals surface area contributed by atoms with E-state index in [2.05, 4.69) is 26.0 Å². The van der Waals surface area contributed by atoms with Gasteiger partial charge in [-0.1, -0.05) is 24.6 Å². The van der Waals surface area contributed by atoms with Crippen LogP contribution in [0.1, 0.15) is 33.6 Å². The first kappa shape index (κ1) is 11.2. The summed E-state index contributed by atoms with van der Waals surface area (Å²) in [6.45, 7) is 5.99. The molecule has 0 aromatic heterocycles. The molecule has 1 rings (SSSR count). The number of ether oxygens (including phenoxy) is 1. The molecule has 1 aliphatic carbocycles. The summed E-state index contributed by atoms with van der Waals surface area (Å²) in [4.78, 5) is 10.8. The Kier molecular flexibility index (Phi) is 4.08. The zero-order valence-corrected chi connectivity index (χ0v) is 9.17. The third-order valence-corrected chi connectivity index (χ3v) is 2.41. The lowest BCUT2D eigenvalue weighted by Gasteiger charge is -2.21. The second-order valence-corrected chi connectivity index (χ2v) is 3.76. The lowest BCUT2D eigenvalue weighted by Crippen LogP contribution is -2.19. The number of ketones is 1. The molecule has 0 spiro atoms. The molecule has 0 aromatic carbocycles. The van der Waals surface area contributed by atoms with E-state index in [0.717, 1.165) is 12.8 Å². The van der Waals surface area contributed by atoms with Gasteiger partial charge in [-0.3, -0.25) is 4.79 Å². The van der Waals surface area contributed by atoms with Crippen molar-refractivity contribution in [1.82, 2.24) is 0 Å². The molecule has 1 atom stereocenters. The van der Waals surface area contributed by atoms with Gasteiger partial charge in [-0.15, -0.1) is 0 Å². The van der Waals surface area contributed by atoms with E-state index in [1.54, 1.807) is 6.92 Å². The molecule has 1 unspecified atom stereocenters. The lowest BCUT2D eigenvalue weighted by molar-refractivity contribution is -0.122. The maximum atomic E-state index is 10.8. The van der Waals surface area contributed by atoms with Gasteiger partial charge < -0.3 is 4.74 Å². The van der Waals surface area contributed by atoms with Gasteiger partial charge >= 0.3 is 0 Å². The van der Waals surface area contributed by atoms with Crippen LogP contribution < -0.4 is 0 Å². The summed E-state index contributed by atoms with van der Waals surface area (Å²) < 4.78 is 5.49. The monoisotopic (exact) mass is 194 g/mol. The quantitative estimate of drug-likeness (QED) is 0.687. The van der Waals surface area contributed by atoms with Crippen LogP contribution in [-0.4, -0.2) is 18.5 Å². The van der Waals surface area contributed by atoms with Crippen molar-refractivity contribution in [3.05, 3.63) is 23.3 Å². The van der Waals surface area contributed by atoms with E-state index in [9.17, 15) is 4.79 Å². The van der Waals surface area contributed by atoms with Gasteiger partial charge in [-0.2, -0.15) is 0 Å². The van der Waals surface area contributed by atoms with E-state index in [1.165, 1.54) is 11.1 Å². The van der Waals surface area contributed by atoms with E-state index in [-0.39, 0.29) is 18.5 Å². The Bertz CT molecular complexity index is 274. The minimum atomic E-state index is 0.0862. The number of allylic oxidation sites excluding steroid dienone is 2. The highest BCUT2D eigenvalue weighted by Gasteiger charge is 2.14. The maximum Gasteiger partial charge on any atom is 0.155 e. The second-order valence-electron chi connectivity index (χ2n) is 3.76. The molecule has 0 heterocycles. The number of hydrogen-bond donors (Lipinski definition) is 0. The third-order valence-electron chi connectivity index (χ3n) is 2.41. The van der Waals surface area contributed by atoms with Crippen LogP contribution in [-0.2, 0) is 9.53 Å². The number of carbonyl (C=O) groups excluding carboxylic acids is 1. The van der Waals surface area contributed by atoms with Gasteiger partial charge in [-0.05, 0) is 32.3 Å². The van der Waals surface area contributed by atoms with Crippen LogP contribution in [0.2, 0.25) is 0 Å². The fourth-order valence-corrected chi connectivity index (χ4v) is 1.55. The highest BCUT2D eigenvalue weighted by molar-refractivity contribution is 5.76. The first-order valence-corrected chi connectivity index (χ1v) is 5.11. The molecule has 2 heteroatoms. The number of hydrogen-bond acceptors (Lipinski definition) is 2. The molecule has 1 aliphatic rings. The molecule has 0 saturated heterocycles. The summed E-state index contributed by atoms with van der Waals surface area (Å²) in [6, 6.07) is 0. The maximum absolute atomic E-state index is 10.8. The normalized spacial score (nSPS) is 21.5. The zero-order valence-electron chi connectivity index (χ0n) is 9.17. The van der Waals surface area contributed by atoms with Crippen molar-refractivity contribution in [2.45, 2.75) is 39.7 Å². The molecular formula is C12H18O2. The van der Waals surface area contributed by atoms with Crippen LogP contribution in [0.25, 0.3) is 0 Å². The highest BCUT2D eigenvalue weighted by atomic mass is 16.5. The SMILES string of the molecule is CCC1=CCC(OCC(C)=O)C(C)=C1. The molecule has 0 aromatic rings. The van der Waals surface area contributed by atoms with E-state index in [1.807, 2.05) is 0 Å². The van der Waals surface area contributed by atoms with Gasteiger partial charge in [0.05, 0.1) is 6.10 Å². The molecule has 0 amide bonds. The molecule has 14 heavy (non-hydrogen) atoms. The minimum absolute atomic E-state index is 0.0862. The third kappa shape index (κ3) is 3.11. The van der Waals surface area contributed by atoms with Gasteiger partial charge in [0.25, 0.3) is 0 Å². The fourth-order valence-electron chi connectivity index (χ4n) is 1.55. The van der Waals surface area contributed by atoms with Crippen LogP contribution in [0.3, 0.4) is 0 Å². The van der Waals surface area contributed by atoms with Gasteiger partial charge in [-0.25, -0.2) is 0 Å². The highest BCUT2D eigenvalue weighted by Crippen LogP contribution is 2.21. The molecular weight excluding hydrogens is 176 g/mol. The van der Waals surface area contributed by atoms with Crippen LogP contribution in [0, 0.1) is 0 Å². The Balaban J connectivity index is 2.49. The van der Waals surface area contributed by atoms with Gasteiger partial charge in [0.2, 0.25) is 0 Å². The molecule has 2 nitrogen and oxygen atoms in total. The summed E-state index contributed by atoms with van der Waals surface area (Å²) in [6.07, 6.45) is 6.43. The standard InChI is InChI=1S/C12H18O2/c1-4-11-5-6-12(9(2)7-11)14-8-10(3)13/h5,7,12H,4,6,8H2,1-3H3. The summed E-state index contributed by atoms with van der Waals surface area (Å²) in [5.41, 5.74) is 2.59. The fraction of sp³-hybridized carbons (Fsp3) is 0.583. The van der Waals surface area contributed by atoms with Crippen LogP contribution in [0.5, 0.6) is 0 Å². The van der Waals surface area contributed by atoms with Crippen molar-refractivity contribution < 1.29 is 9.53 Å². The Hall–Kier alpha value is -0.890. The smallest absolute Gasteiger partial charge is 0.155 e. The van der Waals surface area contributed by atoms with Gasteiger partial charge in [0, 0.05) is 0 Å². The molecule has 0 radical (unpaired) electrons. The van der Waals surface area contributed by atoms with Crippen molar-refractivity contribution >= 4 is 5.78 Å². The Morgan fingerprint density at radius 2 is 2.36 bits per heavy atom. The topological polar surface area (TPSA) is 26.3 Å². The van der Waals surface area contributed by atoms with Gasteiger partial charge in [0.1, 0.15) is 6.61 Å². The molecule has 0 N–H and O–H groups in total. The van der Waals surface area contributed by atoms with Crippen LogP contribution in [0.15, 0.2) is 23.3 Å². The van der Waals surface area contributed by atoms with Crippen LogP contribution >= 0.6 is 0 Å². The van der Waals surface area contributed by atoms with Crippen molar-refractivity contribution in [1.29, 1.82) is 0 Å². The predicted molar refractivity (Wildman–Crippen MR) is 57.2 cm³/mol. The predicted octanol–water partition coefficient (Wildman–Crippen LogP) is 2.65. The molecule has 0 fully saturated rings. The number of Topliss-reactive ketones (excluding diaryl/α,β-unsaturated/α-hetero) is 1. The van der Waals surface area contributed by atoms with E-state index < -0.39 is 0 Å². The van der Waals surface area contributed by atoms with Crippen molar-refractivity contribution in [3.8, 4) is 0 Å². The number of rotatable bonds is 4. The second kappa shape index (κ2) is 5.11. The minimum Gasteiger partial charge on any atom is -0.366 e. The molecule has 0 saturated carbocycles. The largest absolute Gasteiger partial charge is 0.366 e. The Morgan fingerprint density at radius 1 is 1.64 bits per heavy atom. The van der Waals surface area contributed by atoms with Crippen molar-refractivity contribution in [2.24, 2.45) is 0 Å². The zero-order chi connectivity index (χ0) is 10.6. The lowest BCUT2D eigenvalue weighted by atomic mass is 9.96.